The van der Waals surface area contributed by atoms with Crippen molar-refractivity contribution in [2.24, 2.45) is 5.92 Å². The minimum Gasteiger partial charge on any atom is -0.306 e. The quantitative estimate of drug-likeness (QED) is 0.853. The Labute approximate surface area is 129 Å². The number of carbonyl (C=O) groups is 2. The van der Waals surface area contributed by atoms with Gasteiger partial charge < -0.3 is 5.32 Å². The van der Waals surface area contributed by atoms with Crippen LogP contribution in [0.15, 0.2) is 60.7 Å². The highest BCUT2D eigenvalue weighted by atomic mass is 16.2. The van der Waals surface area contributed by atoms with Crippen LogP contribution in [0.2, 0.25) is 0 Å². The van der Waals surface area contributed by atoms with Crippen LogP contribution in [0.4, 0.5) is 16.2 Å². The van der Waals surface area contributed by atoms with Crippen LogP contribution >= 0.6 is 0 Å². The van der Waals surface area contributed by atoms with Crippen molar-refractivity contribution in [3.63, 3.8) is 0 Å². The second kappa shape index (κ2) is 7.26. The Morgan fingerprint density at radius 2 is 1.45 bits per heavy atom. The van der Waals surface area contributed by atoms with E-state index in [0.717, 1.165) is 0 Å². The number of hydrogen-bond acceptors (Lipinski definition) is 2. The number of nitrogens with zero attached hydrogens (tertiary/aromatic N) is 1. The summed E-state index contributed by atoms with van der Waals surface area (Å²) in [4.78, 5) is 24.4. The van der Waals surface area contributed by atoms with E-state index in [9.17, 15) is 9.59 Å². The van der Waals surface area contributed by atoms with Crippen LogP contribution in [0.25, 0.3) is 0 Å². The number of amides is 3. The van der Waals surface area contributed by atoms with Gasteiger partial charge in [-0.15, -0.1) is 0 Å². The highest BCUT2D eigenvalue weighted by molar-refractivity contribution is 6.03. The molecule has 2 rings (SSSR count). The van der Waals surface area contributed by atoms with Gasteiger partial charge in [0, 0.05) is 11.6 Å². The first-order valence-electron chi connectivity index (χ1n) is 7.09. The number of rotatable bonds is 3. The summed E-state index contributed by atoms with van der Waals surface area (Å²) in [5.74, 6) is -0.456. The van der Waals surface area contributed by atoms with Gasteiger partial charge in [0.15, 0.2) is 0 Å². The maximum absolute atomic E-state index is 12.5. The Morgan fingerprint density at radius 1 is 0.909 bits per heavy atom. The molecule has 0 radical (unpaired) electrons. The van der Waals surface area contributed by atoms with Crippen LogP contribution < -0.4 is 15.8 Å². The lowest BCUT2D eigenvalue weighted by Gasteiger charge is -2.24. The molecule has 0 heterocycles. The molecule has 0 saturated carbocycles. The number of anilines is 2. The van der Waals surface area contributed by atoms with Gasteiger partial charge in [0.2, 0.25) is 5.91 Å². The number of hydrogen-bond donors (Lipinski definition) is 2. The van der Waals surface area contributed by atoms with Gasteiger partial charge in [0.1, 0.15) is 0 Å². The van der Waals surface area contributed by atoms with E-state index in [1.54, 1.807) is 50.2 Å². The number of para-hydroxylation sites is 2. The summed E-state index contributed by atoms with van der Waals surface area (Å²) in [5.41, 5.74) is 3.88. The van der Waals surface area contributed by atoms with Crippen LogP contribution in [0.3, 0.4) is 0 Å². The largest absolute Gasteiger partial charge is 0.345 e. The van der Waals surface area contributed by atoms with Gasteiger partial charge in [0.05, 0.1) is 5.69 Å². The summed E-state index contributed by atoms with van der Waals surface area (Å²) in [7, 11) is 0. The molecule has 0 aliphatic heterocycles. The van der Waals surface area contributed by atoms with Crippen molar-refractivity contribution in [1.29, 1.82) is 0 Å². The van der Waals surface area contributed by atoms with Crippen molar-refractivity contribution in [2.75, 3.05) is 10.3 Å². The number of hydrazine groups is 1. The van der Waals surface area contributed by atoms with E-state index in [0.29, 0.717) is 11.4 Å². The normalized spacial score (nSPS) is 10.1. The smallest absolute Gasteiger partial charge is 0.306 e. The van der Waals surface area contributed by atoms with E-state index >= 15 is 0 Å². The van der Waals surface area contributed by atoms with Crippen LogP contribution in [-0.4, -0.2) is 11.9 Å². The Hall–Kier alpha value is -2.82. The maximum atomic E-state index is 12.5. The zero-order valence-electron chi connectivity index (χ0n) is 12.6. The average Bonchev–Trinajstić information content (AvgIpc) is 2.54. The first-order valence-corrected chi connectivity index (χ1v) is 7.09. The number of urea groups is 1. The Morgan fingerprint density at radius 3 is 2.00 bits per heavy atom. The molecule has 3 amide bonds. The monoisotopic (exact) mass is 297 g/mol. The molecule has 0 spiro atoms. The van der Waals surface area contributed by atoms with Gasteiger partial charge in [-0.3, -0.25) is 10.2 Å². The van der Waals surface area contributed by atoms with Gasteiger partial charge in [-0.1, -0.05) is 50.2 Å². The van der Waals surface area contributed by atoms with Gasteiger partial charge >= 0.3 is 6.03 Å². The van der Waals surface area contributed by atoms with Crippen molar-refractivity contribution in [3.05, 3.63) is 60.7 Å². The molecule has 2 aromatic rings. The average molecular weight is 297 g/mol. The maximum Gasteiger partial charge on any atom is 0.345 e. The third-order valence-electron chi connectivity index (χ3n) is 2.99. The predicted molar refractivity (Wildman–Crippen MR) is 87.4 cm³/mol. The third-order valence-corrected chi connectivity index (χ3v) is 2.99. The van der Waals surface area contributed by atoms with E-state index in [2.05, 4.69) is 10.7 Å². The van der Waals surface area contributed by atoms with Gasteiger partial charge in [-0.25, -0.2) is 9.80 Å². The Bertz CT molecular complexity index is 627. The molecule has 0 aromatic heterocycles. The zero-order chi connectivity index (χ0) is 15.9. The van der Waals surface area contributed by atoms with E-state index < -0.39 is 6.03 Å². The molecule has 22 heavy (non-hydrogen) atoms. The predicted octanol–water partition coefficient (Wildman–Crippen LogP) is 3.41. The van der Waals surface area contributed by atoms with Crippen molar-refractivity contribution < 1.29 is 9.59 Å². The lowest BCUT2D eigenvalue weighted by Crippen LogP contribution is -2.49. The van der Waals surface area contributed by atoms with Gasteiger partial charge in [-0.2, -0.15) is 0 Å². The highest BCUT2D eigenvalue weighted by Gasteiger charge is 2.19. The van der Waals surface area contributed by atoms with Crippen molar-refractivity contribution in [2.45, 2.75) is 13.8 Å². The summed E-state index contributed by atoms with van der Waals surface area (Å²) in [5, 5.41) is 3.97. The molecule has 0 atom stereocenters. The molecule has 0 saturated heterocycles. The fourth-order valence-electron chi connectivity index (χ4n) is 1.75. The fourth-order valence-corrected chi connectivity index (χ4v) is 1.75. The molecule has 0 fully saturated rings. The molecule has 2 N–H and O–H groups in total. The molecule has 0 unspecified atom stereocenters. The standard InChI is InChI=1S/C17H19N3O2/c1-13(2)16(21)19-20(15-11-7-4-8-12-15)17(22)18-14-9-5-3-6-10-14/h3-13H,1-2H3,(H,18,22)(H,19,21). The SMILES string of the molecule is CC(C)C(=O)NN(C(=O)Nc1ccccc1)c1ccccc1. The molecule has 2 aromatic carbocycles. The van der Waals surface area contributed by atoms with Gasteiger partial charge in [0.25, 0.3) is 0 Å². The molecule has 0 aliphatic carbocycles. The third kappa shape index (κ3) is 4.09. The number of benzene rings is 2. The Balaban J connectivity index is 2.20. The molecule has 114 valence electrons. The van der Waals surface area contributed by atoms with Crippen molar-refractivity contribution >= 4 is 23.3 Å². The van der Waals surface area contributed by atoms with Crippen LogP contribution in [0.5, 0.6) is 0 Å². The molecular weight excluding hydrogens is 278 g/mol. The lowest BCUT2D eigenvalue weighted by molar-refractivity contribution is -0.124. The fraction of sp³-hybridized carbons (Fsp3) is 0.176. The van der Waals surface area contributed by atoms with Gasteiger partial charge in [-0.05, 0) is 24.3 Å². The first kappa shape index (κ1) is 15.6. The molecule has 5 nitrogen and oxygen atoms in total. The molecule has 0 aliphatic rings. The first-order chi connectivity index (χ1) is 10.6. The van der Waals surface area contributed by atoms with Crippen molar-refractivity contribution in [1.82, 2.24) is 5.43 Å². The van der Waals surface area contributed by atoms with E-state index in [1.165, 1.54) is 5.01 Å². The summed E-state index contributed by atoms with van der Waals surface area (Å²) < 4.78 is 0. The second-order valence-electron chi connectivity index (χ2n) is 5.10. The van der Waals surface area contributed by atoms with Crippen molar-refractivity contribution in [3.8, 4) is 0 Å². The summed E-state index contributed by atoms with van der Waals surface area (Å²) in [6, 6.07) is 17.6. The van der Waals surface area contributed by atoms with E-state index in [-0.39, 0.29) is 11.8 Å². The lowest BCUT2D eigenvalue weighted by atomic mass is 10.2. The second-order valence-corrected chi connectivity index (χ2v) is 5.10. The number of carbonyl (C=O) groups excluding carboxylic acids is 2. The minimum atomic E-state index is -0.425. The van der Waals surface area contributed by atoms with E-state index in [1.807, 2.05) is 24.3 Å². The van der Waals surface area contributed by atoms with E-state index in [4.69, 9.17) is 0 Å². The van der Waals surface area contributed by atoms with Crippen LogP contribution in [0.1, 0.15) is 13.8 Å². The Kier molecular flexibility index (Phi) is 5.14. The summed E-state index contributed by atoms with van der Waals surface area (Å²) in [6.07, 6.45) is 0. The van der Waals surface area contributed by atoms with Crippen LogP contribution in [-0.2, 0) is 4.79 Å². The summed E-state index contributed by atoms with van der Waals surface area (Å²) in [6.45, 7) is 3.54. The highest BCUT2D eigenvalue weighted by Crippen LogP contribution is 2.14. The molecule has 0 bridgehead atoms. The topological polar surface area (TPSA) is 61.4 Å². The zero-order valence-corrected chi connectivity index (χ0v) is 12.6. The minimum absolute atomic E-state index is 0.226. The summed E-state index contributed by atoms with van der Waals surface area (Å²) >= 11 is 0. The molecular formula is C17H19N3O2. The number of nitrogens with one attached hydrogen (secondary N) is 2. The van der Waals surface area contributed by atoms with Crippen LogP contribution in [0, 0.1) is 5.92 Å². The molecule has 5 heteroatoms.